The van der Waals surface area contributed by atoms with Gasteiger partial charge in [-0.1, -0.05) is 13.2 Å². The van der Waals surface area contributed by atoms with Crippen molar-refractivity contribution in [3.05, 3.63) is 25.0 Å². The van der Waals surface area contributed by atoms with Crippen molar-refractivity contribution < 1.29 is 23.8 Å². The van der Waals surface area contributed by atoms with Gasteiger partial charge in [0.2, 0.25) is 0 Å². The second-order valence-electron chi connectivity index (χ2n) is 4.08. The van der Waals surface area contributed by atoms with Crippen LogP contribution in [-0.2, 0) is 4.84 Å². The molecule has 110 valence electrons. The van der Waals surface area contributed by atoms with Gasteiger partial charge in [0.15, 0.2) is 5.76 Å². The van der Waals surface area contributed by atoms with E-state index >= 15 is 0 Å². The number of hydroxylamine groups is 2. The Morgan fingerprint density at radius 1 is 1.53 bits per heavy atom. The second kappa shape index (κ2) is 9.17. The van der Waals surface area contributed by atoms with Crippen LogP contribution in [0.2, 0.25) is 0 Å². The van der Waals surface area contributed by atoms with Gasteiger partial charge in [-0.05, 0) is 13.0 Å². The van der Waals surface area contributed by atoms with E-state index in [2.05, 4.69) is 13.2 Å². The van der Waals surface area contributed by atoms with E-state index in [9.17, 15) is 4.79 Å². The van der Waals surface area contributed by atoms with Crippen LogP contribution >= 0.6 is 0 Å². The minimum absolute atomic E-state index is 0.0498. The number of amides is 3. The number of quaternary nitrogens is 1. The zero-order valence-electron chi connectivity index (χ0n) is 12.2. The summed E-state index contributed by atoms with van der Waals surface area (Å²) >= 11 is 0. The molecule has 1 unspecified atom stereocenters. The first-order valence-corrected chi connectivity index (χ1v) is 6.42. The summed E-state index contributed by atoms with van der Waals surface area (Å²) in [6.07, 6.45) is 0.433. The molecule has 0 rings (SSSR count). The van der Waals surface area contributed by atoms with Gasteiger partial charge >= 0.3 is 6.03 Å². The Kier molecular flexibility index (Phi) is 9.43. The number of hydrogen-bond acceptors (Lipinski definition) is 4. The van der Waals surface area contributed by atoms with Crippen LogP contribution in [0, 0.1) is 0 Å². The Labute approximate surface area is 117 Å². The number of carbonyl (C=O) groups is 2. The maximum atomic E-state index is 11.8. The number of rotatable bonds is 4. The molecule has 0 aliphatic heterocycles. The molecular formula is C11H23N3O4Si. The van der Waals surface area contributed by atoms with Crippen molar-refractivity contribution in [3.8, 4) is 0 Å². The molecule has 1 N–H and O–H groups in total. The number of carboxylic acid groups (broad SMARTS) is 1. The van der Waals surface area contributed by atoms with Gasteiger partial charge in [-0.25, -0.2) is 4.79 Å². The van der Waals surface area contributed by atoms with Crippen LogP contribution in [0.4, 0.5) is 9.59 Å². The summed E-state index contributed by atoms with van der Waals surface area (Å²) in [4.78, 5) is 27.9. The average molecular weight is 289 g/mol. The van der Waals surface area contributed by atoms with Gasteiger partial charge in [-0.3, -0.25) is 4.90 Å². The van der Waals surface area contributed by atoms with E-state index in [4.69, 9.17) is 14.7 Å². The van der Waals surface area contributed by atoms with Gasteiger partial charge in [0.05, 0.1) is 0 Å². The molecule has 0 fully saturated rings. The molecule has 0 saturated carbocycles. The predicted octanol–water partition coefficient (Wildman–Crippen LogP) is -1.03. The van der Waals surface area contributed by atoms with Crippen molar-refractivity contribution in [2.45, 2.75) is 6.92 Å². The van der Waals surface area contributed by atoms with Gasteiger partial charge in [0, 0.05) is 21.1 Å². The normalized spacial score (nSPS) is 12.2. The van der Waals surface area contributed by atoms with E-state index in [1.54, 1.807) is 27.1 Å². The average Bonchev–Trinajstić information content (AvgIpc) is 2.27. The number of nitrogens with one attached hydrogen (secondary N) is 1. The van der Waals surface area contributed by atoms with Gasteiger partial charge in [0.25, 0.3) is 10.4 Å². The summed E-state index contributed by atoms with van der Waals surface area (Å²) in [6, 6.07) is -0.0837. The molecule has 0 heterocycles. The van der Waals surface area contributed by atoms with Crippen molar-refractivity contribution in [3.63, 3.8) is 0 Å². The fourth-order valence-electron chi connectivity index (χ4n) is 1.17. The molecule has 0 aliphatic carbocycles. The first-order chi connectivity index (χ1) is 8.60. The summed E-state index contributed by atoms with van der Waals surface area (Å²) < 4.78 is -0.0498. The van der Waals surface area contributed by atoms with Crippen LogP contribution in [0.15, 0.2) is 25.0 Å². The lowest BCUT2D eigenvalue weighted by molar-refractivity contribution is -0.936. The van der Waals surface area contributed by atoms with Crippen LogP contribution in [-0.4, -0.2) is 59.4 Å². The molecule has 0 aromatic carbocycles. The van der Waals surface area contributed by atoms with Crippen molar-refractivity contribution in [1.29, 1.82) is 0 Å². The number of nitrogens with zero attached hydrogens (tertiary/aromatic N) is 2. The Morgan fingerprint density at radius 3 is 2.16 bits per heavy atom. The largest absolute Gasteiger partial charge is 0.530 e. The van der Waals surface area contributed by atoms with Gasteiger partial charge in [-0.2, -0.15) is 0 Å². The first-order valence-electron chi connectivity index (χ1n) is 5.52. The number of hydrogen-bond donors (Lipinski definition) is 1. The Balaban J connectivity index is 0. The molecule has 19 heavy (non-hydrogen) atoms. The standard InChI is InChI=1S/C9H19N2O2Si.C2H5NO2/c1-6-7-11(14,13-8(2)3)9(12)10(4)5;1-3-2(4)5/h6H,1-2,7H2,3-5,14H3;3H,1H3,(H,4,5)/q+1;/p-1. The molecule has 0 bridgehead atoms. The van der Waals surface area contributed by atoms with Crippen LogP contribution in [0.3, 0.4) is 0 Å². The smallest absolute Gasteiger partial charge is 0.441 e. The number of urea groups is 1. The molecule has 0 saturated heterocycles. The molecule has 0 aromatic heterocycles. The van der Waals surface area contributed by atoms with Crippen LogP contribution in [0.1, 0.15) is 6.92 Å². The maximum Gasteiger partial charge on any atom is 0.441 e. The van der Waals surface area contributed by atoms with Gasteiger partial charge in [-0.15, -0.1) is 4.31 Å². The van der Waals surface area contributed by atoms with E-state index in [0.29, 0.717) is 22.7 Å². The van der Waals surface area contributed by atoms with E-state index in [1.165, 1.54) is 11.9 Å². The van der Waals surface area contributed by atoms with E-state index in [-0.39, 0.29) is 10.3 Å². The Hall–Kier alpha value is -1.80. The van der Waals surface area contributed by atoms with Crippen molar-refractivity contribution in [2.24, 2.45) is 0 Å². The van der Waals surface area contributed by atoms with E-state index in [1.807, 2.05) is 5.32 Å². The number of allylic oxidation sites excluding steroid dienone is 1. The number of carbonyl (C=O) groups excluding carboxylic acids is 2. The highest BCUT2D eigenvalue weighted by molar-refractivity contribution is 6.03. The molecule has 1 atom stereocenters. The fourth-order valence-corrected chi connectivity index (χ4v) is 2.14. The Morgan fingerprint density at radius 2 is 1.95 bits per heavy atom. The third kappa shape index (κ3) is 8.86. The topological polar surface area (TPSA) is 81.7 Å². The molecular weight excluding hydrogens is 266 g/mol. The van der Waals surface area contributed by atoms with Crippen LogP contribution in [0.5, 0.6) is 0 Å². The third-order valence-corrected chi connectivity index (χ3v) is 2.76. The minimum atomic E-state index is -1.25. The fraction of sp³-hybridized carbons (Fsp3) is 0.455. The first kappa shape index (κ1) is 19.5. The lowest BCUT2D eigenvalue weighted by Crippen LogP contribution is -2.54. The Bertz CT molecular complexity index is 347. The van der Waals surface area contributed by atoms with E-state index < -0.39 is 6.09 Å². The summed E-state index contributed by atoms with van der Waals surface area (Å²) in [7, 11) is 5.25. The molecule has 0 aromatic rings. The highest BCUT2D eigenvalue weighted by atomic mass is 28.2. The summed E-state index contributed by atoms with van der Waals surface area (Å²) in [5.74, 6) is 0.539. The molecule has 0 aliphatic rings. The summed E-state index contributed by atoms with van der Waals surface area (Å²) in [6.45, 7) is 9.47. The third-order valence-electron chi connectivity index (χ3n) is 1.83. The molecule has 7 nitrogen and oxygen atoms in total. The van der Waals surface area contributed by atoms with E-state index in [0.717, 1.165) is 0 Å². The SMILES string of the molecule is C=CC[N+]([SiH3])(OC(=C)C)C(=O)N(C)C.CNC(=O)[O-]. The van der Waals surface area contributed by atoms with Crippen molar-refractivity contribution in [2.75, 3.05) is 27.7 Å². The van der Waals surface area contributed by atoms with Gasteiger partial charge < -0.3 is 20.1 Å². The monoisotopic (exact) mass is 289 g/mol. The van der Waals surface area contributed by atoms with Crippen molar-refractivity contribution >= 4 is 22.5 Å². The quantitative estimate of drug-likeness (QED) is 0.310. The lowest BCUT2D eigenvalue weighted by atomic mass is 10.6. The zero-order valence-corrected chi connectivity index (χ0v) is 14.2. The van der Waals surface area contributed by atoms with Gasteiger partial charge in [0.1, 0.15) is 12.6 Å². The lowest BCUT2D eigenvalue weighted by Gasteiger charge is -2.31. The molecule has 8 heteroatoms. The van der Waals surface area contributed by atoms with Crippen LogP contribution in [0.25, 0.3) is 0 Å². The molecule has 3 amide bonds. The van der Waals surface area contributed by atoms with Crippen LogP contribution < -0.4 is 10.4 Å². The summed E-state index contributed by atoms with van der Waals surface area (Å²) in [5.41, 5.74) is 0. The second-order valence-corrected chi connectivity index (χ2v) is 5.52. The predicted molar refractivity (Wildman–Crippen MR) is 74.7 cm³/mol. The molecule has 0 radical (unpaired) electrons. The van der Waals surface area contributed by atoms with Crippen molar-refractivity contribution in [1.82, 2.24) is 10.2 Å². The molecule has 0 spiro atoms. The minimum Gasteiger partial charge on any atom is -0.530 e. The highest BCUT2D eigenvalue weighted by Crippen LogP contribution is 2.11. The zero-order chi connectivity index (χ0) is 15.6. The highest BCUT2D eigenvalue weighted by Gasteiger charge is 2.34. The maximum absolute atomic E-state index is 11.8. The summed E-state index contributed by atoms with van der Waals surface area (Å²) in [5, 5.41) is 11.0.